The number of phosphoric acid groups is 1. The van der Waals surface area contributed by atoms with Crippen molar-refractivity contribution in [2.24, 2.45) is 0 Å². The minimum Gasteiger partial charge on any atom is -0.484 e. The number of aliphatic hydroxyl groups excluding tert-OH is 1. The predicted molar refractivity (Wildman–Crippen MR) is 205 cm³/mol. The molecule has 5 rings (SSSR count). The maximum absolute atomic E-state index is 13.1. The molecule has 0 amide bonds. The molecule has 0 radical (unpaired) electrons. The smallest absolute Gasteiger partial charge is 0.472 e. The molecular formula is C39H56N7O9P. The van der Waals surface area contributed by atoms with Crippen LogP contribution in [0.5, 0.6) is 5.75 Å². The lowest BCUT2D eigenvalue weighted by atomic mass is 9.90. The highest BCUT2D eigenvalue weighted by molar-refractivity contribution is 7.47. The molecule has 1 saturated heterocycles. The van der Waals surface area contributed by atoms with E-state index >= 15 is 0 Å². The lowest BCUT2D eigenvalue weighted by Gasteiger charge is -2.29. The summed E-state index contributed by atoms with van der Waals surface area (Å²) in [5, 5.41) is 45.8. The molecule has 4 heterocycles. The van der Waals surface area contributed by atoms with Crippen LogP contribution in [0.4, 0.5) is 5.82 Å². The summed E-state index contributed by atoms with van der Waals surface area (Å²) in [6, 6.07) is 9.86. The van der Waals surface area contributed by atoms with E-state index in [1.807, 2.05) is 12.1 Å². The maximum atomic E-state index is 13.1. The van der Waals surface area contributed by atoms with Gasteiger partial charge in [0.05, 0.1) is 25.1 Å². The Kier molecular flexibility index (Phi) is 16.0. The monoisotopic (exact) mass is 797 g/mol. The fraction of sp³-hybridized carbons (Fsp3) is 0.667. The molecule has 1 saturated carbocycles. The summed E-state index contributed by atoms with van der Waals surface area (Å²) in [5.74, 6) is 0.413. The highest BCUT2D eigenvalue weighted by Gasteiger charge is 2.83. The molecule has 2 unspecified atom stereocenters. The number of nitrogens with zero attached hydrogens (tertiary/aromatic N) is 6. The molecule has 2 fully saturated rings. The van der Waals surface area contributed by atoms with Gasteiger partial charge in [0.1, 0.15) is 59.8 Å². The van der Waals surface area contributed by atoms with Crippen molar-refractivity contribution in [1.29, 1.82) is 10.5 Å². The molecule has 306 valence electrons. The van der Waals surface area contributed by atoms with Crippen LogP contribution in [-0.4, -0.2) is 84.5 Å². The van der Waals surface area contributed by atoms with Gasteiger partial charge in [-0.05, 0) is 30.7 Å². The third-order valence-corrected chi connectivity index (χ3v) is 11.5. The van der Waals surface area contributed by atoms with E-state index < -0.39 is 50.0 Å². The van der Waals surface area contributed by atoms with E-state index in [0.717, 1.165) is 19.3 Å². The number of hydrogen-bond acceptors (Lipinski definition) is 14. The van der Waals surface area contributed by atoms with Gasteiger partial charge in [0.15, 0.2) is 11.4 Å². The van der Waals surface area contributed by atoms with Crippen LogP contribution in [0.2, 0.25) is 0 Å². The zero-order valence-corrected chi connectivity index (χ0v) is 33.1. The number of nitrogens with two attached hydrogens (primary N) is 1. The summed E-state index contributed by atoms with van der Waals surface area (Å²) < 4.78 is 42.5. The van der Waals surface area contributed by atoms with Gasteiger partial charge in [0, 0.05) is 6.61 Å². The molecule has 0 spiro atoms. The number of fused-ring (bicyclic) bond motifs is 2. The number of aliphatic hydroxyl groups is 2. The van der Waals surface area contributed by atoms with Crippen molar-refractivity contribution in [3.63, 3.8) is 0 Å². The fourth-order valence-corrected chi connectivity index (χ4v) is 8.23. The van der Waals surface area contributed by atoms with Crippen molar-refractivity contribution < 1.29 is 42.9 Å². The van der Waals surface area contributed by atoms with E-state index in [1.165, 1.54) is 119 Å². The van der Waals surface area contributed by atoms with E-state index in [1.54, 1.807) is 6.07 Å². The number of aromatic nitrogens is 4. The number of phosphoric ester groups is 1. The molecule has 1 aliphatic carbocycles. The van der Waals surface area contributed by atoms with Crippen LogP contribution in [0.1, 0.15) is 121 Å². The van der Waals surface area contributed by atoms with E-state index in [4.69, 9.17) is 34.3 Å². The SMILES string of the molecule is CCCCCCCCCCCCCCCCCCOC[C@H](COP(=O)(O)OC1[C@H]2O[C@@](C#N)(c3ccc4c(N)ncnn34)[C@H](O)[C@@]12O)Oc1ccc(C#N)nc1. The van der Waals surface area contributed by atoms with Crippen molar-refractivity contribution in [3.05, 3.63) is 48.2 Å². The zero-order valence-electron chi connectivity index (χ0n) is 32.2. The molecule has 3 aromatic rings. The third kappa shape index (κ3) is 10.8. The van der Waals surface area contributed by atoms with E-state index in [0.29, 0.717) is 12.1 Å². The predicted octanol–water partition coefficient (Wildman–Crippen LogP) is 6.03. The average molecular weight is 798 g/mol. The van der Waals surface area contributed by atoms with Crippen molar-refractivity contribution in [2.45, 2.75) is 145 Å². The molecule has 0 aromatic carbocycles. The molecule has 7 atom stereocenters. The Morgan fingerprint density at radius 2 is 1.59 bits per heavy atom. The summed E-state index contributed by atoms with van der Waals surface area (Å²) in [6.45, 7) is 2.27. The van der Waals surface area contributed by atoms with Crippen LogP contribution in [0.3, 0.4) is 0 Å². The van der Waals surface area contributed by atoms with Gasteiger partial charge in [-0.2, -0.15) is 15.6 Å². The van der Waals surface area contributed by atoms with Crippen LogP contribution < -0.4 is 10.5 Å². The summed E-state index contributed by atoms with van der Waals surface area (Å²) in [5.41, 5.74) is 2.23. The number of unbranched alkanes of at least 4 members (excludes halogenated alkanes) is 15. The quantitative estimate of drug-likeness (QED) is 0.0509. The second-order valence-electron chi connectivity index (χ2n) is 14.7. The van der Waals surface area contributed by atoms with Crippen LogP contribution >= 0.6 is 7.82 Å². The molecule has 16 nitrogen and oxygen atoms in total. The Bertz CT molecular complexity index is 1820. The molecule has 17 heteroatoms. The molecular weight excluding hydrogens is 741 g/mol. The van der Waals surface area contributed by atoms with Crippen LogP contribution in [0, 0.1) is 22.7 Å². The van der Waals surface area contributed by atoms with Crippen molar-refractivity contribution >= 4 is 19.2 Å². The number of ether oxygens (including phenoxy) is 3. The van der Waals surface area contributed by atoms with Crippen molar-refractivity contribution in [2.75, 3.05) is 25.6 Å². The van der Waals surface area contributed by atoms with Gasteiger partial charge in [-0.3, -0.25) is 9.05 Å². The Morgan fingerprint density at radius 1 is 0.946 bits per heavy atom. The van der Waals surface area contributed by atoms with Gasteiger partial charge in [0.2, 0.25) is 5.60 Å². The number of rotatable bonds is 27. The fourth-order valence-electron chi connectivity index (χ4n) is 7.25. The Balaban J connectivity index is 1.03. The second kappa shape index (κ2) is 20.6. The Morgan fingerprint density at radius 3 is 2.14 bits per heavy atom. The topological polar surface area (TPSA) is 241 Å². The minimum atomic E-state index is -4.89. The number of nitrogen functional groups attached to an aromatic ring is 1. The number of nitriles is 2. The molecule has 2 aliphatic rings. The molecule has 3 aromatic heterocycles. The van der Waals surface area contributed by atoms with E-state index in [9.17, 15) is 24.9 Å². The van der Waals surface area contributed by atoms with Gasteiger partial charge in [-0.15, -0.1) is 0 Å². The summed E-state index contributed by atoms with van der Waals surface area (Å²) >= 11 is 0. The minimum absolute atomic E-state index is 0.0145. The number of pyridine rings is 1. The number of anilines is 1. The van der Waals surface area contributed by atoms with E-state index in [-0.39, 0.29) is 29.6 Å². The second-order valence-corrected chi connectivity index (χ2v) is 16.1. The van der Waals surface area contributed by atoms with Gasteiger partial charge < -0.3 is 35.1 Å². The van der Waals surface area contributed by atoms with Gasteiger partial charge in [-0.1, -0.05) is 103 Å². The van der Waals surface area contributed by atoms with Crippen molar-refractivity contribution in [3.8, 4) is 17.9 Å². The third-order valence-electron chi connectivity index (χ3n) is 10.5. The summed E-state index contributed by atoms with van der Waals surface area (Å²) in [4.78, 5) is 18.6. The van der Waals surface area contributed by atoms with Crippen molar-refractivity contribution in [1.82, 2.24) is 19.6 Å². The molecule has 0 bridgehead atoms. The first-order valence-electron chi connectivity index (χ1n) is 19.9. The highest BCUT2D eigenvalue weighted by Crippen LogP contribution is 2.63. The first-order chi connectivity index (χ1) is 27.1. The lowest BCUT2D eigenvalue weighted by Crippen LogP contribution is -2.47. The summed E-state index contributed by atoms with van der Waals surface area (Å²) in [7, 11) is -4.89. The normalized spacial score (nSPS) is 24.3. The van der Waals surface area contributed by atoms with Gasteiger partial charge in [0.25, 0.3) is 0 Å². The first kappa shape index (κ1) is 43.4. The highest BCUT2D eigenvalue weighted by atomic mass is 31.2. The lowest BCUT2D eigenvalue weighted by molar-refractivity contribution is -0.106. The van der Waals surface area contributed by atoms with Gasteiger partial charge >= 0.3 is 7.82 Å². The average Bonchev–Trinajstić information content (AvgIpc) is 3.43. The van der Waals surface area contributed by atoms with Crippen LogP contribution in [0.15, 0.2) is 36.8 Å². The molecule has 56 heavy (non-hydrogen) atoms. The summed E-state index contributed by atoms with van der Waals surface area (Å²) in [6.07, 6.45) is 17.1. The first-order valence-corrected chi connectivity index (χ1v) is 21.4. The molecule has 1 aliphatic heterocycles. The zero-order chi connectivity index (χ0) is 40.0. The Labute approximate surface area is 328 Å². The number of hydrogen-bond donors (Lipinski definition) is 4. The van der Waals surface area contributed by atoms with Gasteiger partial charge in [-0.25, -0.2) is 19.0 Å². The molecule has 5 N–H and O–H groups in total. The maximum Gasteiger partial charge on any atom is 0.472 e. The van der Waals surface area contributed by atoms with Crippen LogP contribution in [0.25, 0.3) is 5.52 Å². The Hall–Kier alpha value is -3.70. The van der Waals surface area contributed by atoms with Crippen LogP contribution in [-0.2, 0) is 28.7 Å². The van der Waals surface area contributed by atoms with E-state index in [2.05, 4.69) is 22.0 Å². The largest absolute Gasteiger partial charge is 0.484 e. The standard InChI is InChI=1S/C39H56N7O9P/c1-2-3-4-5-6-7-8-9-10-11-12-13-14-15-16-17-22-51-25-31(53-30-19-18-29(23-40)43-24-30)26-52-56(49,50)55-35-34-39(35,48)37(47)38(27-41,54-34)33-21-20-32-36(42)44-28-45-46(32)33/h18-21,24,28,31,34-35,37,47-48H,2-17,22,25-26H2,1H3,(H,49,50)(H2,42,44,45)/t31-,34-,35?,37+,38+,39+/m1/s1.